The maximum Gasteiger partial charge on any atom is 0.106 e. The monoisotopic (exact) mass is 235 g/mol. The molecule has 1 aromatic rings. The molecule has 1 aromatic heterocycles. The van der Waals surface area contributed by atoms with Crippen LogP contribution in [-0.4, -0.2) is 6.54 Å². The van der Waals surface area contributed by atoms with E-state index in [2.05, 4.69) is 33.0 Å². The third-order valence-corrected chi connectivity index (χ3v) is 4.21. The fraction of sp³-hybridized carbons (Fsp3) is 0.733. The lowest BCUT2D eigenvalue weighted by molar-refractivity contribution is 0.261. The summed E-state index contributed by atoms with van der Waals surface area (Å²) in [5.41, 5.74) is 2.75. The predicted octanol–water partition coefficient (Wildman–Crippen LogP) is 4.05. The molecule has 1 N–H and O–H groups in total. The van der Waals surface area contributed by atoms with E-state index in [1.807, 2.05) is 0 Å². The molecule has 2 rings (SSSR count). The normalized spacial score (nSPS) is 18.1. The van der Waals surface area contributed by atoms with Crippen molar-refractivity contribution in [2.75, 3.05) is 6.54 Å². The standard InChI is InChI=1S/C15H25NO/c1-5-16-14(9-13-7-6-8-13)15-10(2)11(3)17-12(15)4/h13-14,16H,5-9H2,1-4H3. The van der Waals surface area contributed by atoms with Crippen LogP contribution in [0, 0.1) is 26.7 Å². The van der Waals surface area contributed by atoms with Crippen LogP contribution in [0.3, 0.4) is 0 Å². The van der Waals surface area contributed by atoms with Gasteiger partial charge in [0.1, 0.15) is 11.5 Å². The van der Waals surface area contributed by atoms with Crippen LogP contribution in [0.4, 0.5) is 0 Å². The van der Waals surface area contributed by atoms with Gasteiger partial charge in [-0.1, -0.05) is 26.2 Å². The average Bonchev–Trinajstić information content (AvgIpc) is 2.46. The first kappa shape index (κ1) is 12.7. The molecule has 1 aliphatic rings. The van der Waals surface area contributed by atoms with Crippen LogP contribution in [0.5, 0.6) is 0 Å². The second-order valence-electron chi connectivity index (χ2n) is 5.40. The summed E-state index contributed by atoms with van der Waals surface area (Å²) in [5, 5.41) is 3.63. The van der Waals surface area contributed by atoms with Crippen LogP contribution in [-0.2, 0) is 0 Å². The zero-order valence-electron chi connectivity index (χ0n) is 11.6. The van der Waals surface area contributed by atoms with E-state index < -0.39 is 0 Å². The quantitative estimate of drug-likeness (QED) is 0.833. The molecule has 2 nitrogen and oxygen atoms in total. The first-order valence-electron chi connectivity index (χ1n) is 6.93. The Kier molecular flexibility index (Phi) is 3.93. The Bertz CT molecular complexity index is 377. The van der Waals surface area contributed by atoms with E-state index in [0.29, 0.717) is 6.04 Å². The molecule has 0 amide bonds. The molecule has 1 unspecified atom stereocenters. The Labute approximate surface area is 105 Å². The Morgan fingerprint density at radius 1 is 1.24 bits per heavy atom. The number of aryl methyl sites for hydroxylation is 2. The van der Waals surface area contributed by atoms with Gasteiger partial charge < -0.3 is 9.73 Å². The van der Waals surface area contributed by atoms with Gasteiger partial charge in [0.15, 0.2) is 0 Å². The summed E-state index contributed by atoms with van der Waals surface area (Å²) in [6, 6.07) is 0.489. The third kappa shape index (κ3) is 2.57. The molecule has 1 atom stereocenters. The van der Waals surface area contributed by atoms with Crippen molar-refractivity contribution < 1.29 is 4.42 Å². The maximum atomic E-state index is 5.77. The van der Waals surface area contributed by atoms with Crippen molar-refractivity contribution >= 4 is 0 Å². The van der Waals surface area contributed by atoms with Gasteiger partial charge in [-0.05, 0) is 45.2 Å². The lowest BCUT2D eigenvalue weighted by atomic mass is 9.79. The largest absolute Gasteiger partial charge is 0.466 e. The van der Waals surface area contributed by atoms with Crippen molar-refractivity contribution in [2.45, 2.75) is 59.4 Å². The van der Waals surface area contributed by atoms with Crippen LogP contribution < -0.4 is 5.32 Å². The Morgan fingerprint density at radius 3 is 2.35 bits per heavy atom. The van der Waals surface area contributed by atoms with E-state index in [1.165, 1.54) is 36.8 Å². The molecule has 1 aliphatic carbocycles. The number of hydrogen-bond acceptors (Lipinski definition) is 2. The fourth-order valence-corrected chi connectivity index (χ4v) is 2.93. The molecule has 0 saturated heterocycles. The number of rotatable bonds is 5. The van der Waals surface area contributed by atoms with Gasteiger partial charge in [0.25, 0.3) is 0 Å². The van der Waals surface area contributed by atoms with Crippen molar-refractivity contribution in [2.24, 2.45) is 5.92 Å². The van der Waals surface area contributed by atoms with E-state index in [-0.39, 0.29) is 0 Å². The SMILES string of the molecule is CCNC(CC1CCC1)c1c(C)oc(C)c1C. The Hall–Kier alpha value is -0.760. The van der Waals surface area contributed by atoms with Crippen LogP contribution in [0.2, 0.25) is 0 Å². The zero-order valence-corrected chi connectivity index (χ0v) is 11.6. The molecule has 1 saturated carbocycles. The summed E-state index contributed by atoms with van der Waals surface area (Å²) in [6.07, 6.45) is 5.52. The van der Waals surface area contributed by atoms with Gasteiger partial charge in [-0.3, -0.25) is 0 Å². The van der Waals surface area contributed by atoms with Crippen LogP contribution >= 0.6 is 0 Å². The Morgan fingerprint density at radius 2 is 1.94 bits per heavy atom. The molecule has 17 heavy (non-hydrogen) atoms. The van der Waals surface area contributed by atoms with Gasteiger partial charge in [-0.15, -0.1) is 0 Å². The minimum atomic E-state index is 0.489. The molecule has 0 spiro atoms. The summed E-state index contributed by atoms with van der Waals surface area (Å²) >= 11 is 0. The molecular weight excluding hydrogens is 210 g/mol. The summed E-state index contributed by atoms with van der Waals surface area (Å²) < 4.78 is 5.77. The summed E-state index contributed by atoms with van der Waals surface area (Å²) in [4.78, 5) is 0. The second kappa shape index (κ2) is 5.26. The lowest BCUT2D eigenvalue weighted by Gasteiger charge is -2.30. The summed E-state index contributed by atoms with van der Waals surface area (Å²) in [6.45, 7) is 9.57. The van der Waals surface area contributed by atoms with E-state index in [1.54, 1.807) is 0 Å². The second-order valence-corrected chi connectivity index (χ2v) is 5.40. The van der Waals surface area contributed by atoms with Gasteiger partial charge in [0.2, 0.25) is 0 Å². The molecule has 1 heterocycles. The highest BCUT2D eigenvalue weighted by molar-refractivity contribution is 5.34. The van der Waals surface area contributed by atoms with Gasteiger partial charge >= 0.3 is 0 Å². The van der Waals surface area contributed by atoms with Gasteiger partial charge in [0, 0.05) is 11.6 Å². The first-order chi connectivity index (χ1) is 8.13. The highest BCUT2D eigenvalue weighted by Gasteiger charge is 2.26. The van der Waals surface area contributed by atoms with Crippen LogP contribution in [0.25, 0.3) is 0 Å². The smallest absolute Gasteiger partial charge is 0.106 e. The minimum Gasteiger partial charge on any atom is -0.466 e. The van der Waals surface area contributed by atoms with E-state index in [9.17, 15) is 0 Å². The van der Waals surface area contributed by atoms with Crippen LogP contribution in [0.15, 0.2) is 4.42 Å². The zero-order chi connectivity index (χ0) is 12.4. The van der Waals surface area contributed by atoms with Crippen molar-refractivity contribution in [3.8, 4) is 0 Å². The molecule has 1 fully saturated rings. The minimum absolute atomic E-state index is 0.489. The summed E-state index contributed by atoms with van der Waals surface area (Å²) in [5.74, 6) is 3.10. The van der Waals surface area contributed by atoms with E-state index >= 15 is 0 Å². The summed E-state index contributed by atoms with van der Waals surface area (Å²) in [7, 11) is 0. The highest BCUT2D eigenvalue weighted by atomic mass is 16.3. The molecule has 2 heteroatoms. The van der Waals surface area contributed by atoms with Crippen molar-refractivity contribution in [3.05, 3.63) is 22.6 Å². The number of furan rings is 1. The molecular formula is C15H25NO. The predicted molar refractivity (Wildman–Crippen MR) is 71.3 cm³/mol. The van der Waals surface area contributed by atoms with Gasteiger partial charge in [-0.25, -0.2) is 0 Å². The molecule has 0 aliphatic heterocycles. The molecule has 96 valence electrons. The van der Waals surface area contributed by atoms with Crippen molar-refractivity contribution in [1.29, 1.82) is 0 Å². The third-order valence-electron chi connectivity index (χ3n) is 4.21. The number of hydrogen-bond donors (Lipinski definition) is 1. The molecule has 0 aromatic carbocycles. The van der Waals surface area contributed by atoms with Crippen LogP contribution in [0.1, 0.15) is 61.3 Å². The molecule has 0 radical (unpaired) electrons. The topological polar surface area (TPSA) is 25.2 Å². The fourth-order valence-electron chi connectivity index (χ4n) is 2.93. The lowest BCUT2D eigenvalue weighted by Crippen LogP contribution is -2.26. The van der Waals surface area contributed by atoms with E-state index in [0.717, 1.165) is 24.0 Å². The Balaban J connectivity index is 2.18. The molecule has 0 bridgehead atoms. The highest BCUT2D eigenvalue weighted by Crippen LogP contribution is 2.37. The van der Waals surface area contributed by atoms with E-state index in [4.69, 9.17) is 4.42 Å². The van der Waals surface area contributed by atoms with Gasteiger partial charge in [-0.2, -0.15) is 0 Å². The average molecular weight is 235 g/mol. The first-order valence-corrected chi connectivity index (χ1v) is 6.93. The maximum absolute atomic E-state index is 5.77. The van der Waals surface area contributed by atoms with Crippen molar-refractivity contribution in [3.63, 3.8) is 0 Å². The number of nitrogens with one attached hydrogen (secondary N) is 1. The van der Waals surface area contributed by atoms with Gasteiger partial charge in [0.05, 0.1) is 0 Å². The van der Waals surface area contributed by atoms with Crippen molar-refractivity contribution in [1.82, 2.24) is 5.32 Å².